The number of hydrogen-bond donors (Lipinski definition) is 1. The van der Waals surface area contributed by atoms with Crippen LogP contribution in [0.15, 0.2) is 140 Å². The number of hydrogen-bond acceptors (Lipinski definition) is 2. The smallest absolute Gasteiger partial charge is 0.0579 e. The van der Waals surface area contributed by atoms with E-state index in [2.05, 4.69) is 219 Å². The van der Waals surface area contributed by atoms with E-state index in [9.17, 15) is 0 Å². The Morgan fingerprint density at radius 2 is 1.02 bits per heavy atom. The summed E-state index contributed by atoms with van der Waals surface area (Å²) < 4.78 is 0. The highest BCUT2D eigenvalue weighted by Gasteiger charge is 2.33. The van der Waals surface area contributed by atoms with Crippen molar-refractivity contribution in [2.24, 2.45) is 0 Å². The average Bonchev–Trinajstić information content (AvgIpc) is 3.15. The first-order valence-corrected chi connectivity index (χ1v) is 19.7. The Morgan fingerprint density at radius 1 is 0.500 bits per heavy atom. The van der Waals surface area contributed by atoms with Crippen LogP contribution in [0.2, 0.25) is 0 Å². The molecule has 0 unspecified atom stereocenters. The van der Waals surface area contributed by atoms with E-state index in [1.54, 1.807) is 0 Å². The normalized spacial score (nSPS) is 12.2. The summed E-state index contributed by atoms with van der Waals surface area (Å²) in [5.74, 6) is 0.843. The highest BCUT2D eigenvalue weighted by molar-refractivity contribution is 6.23. The predicted molar refractivity (Wildman–Crippen MR) is 237 cm³/mol. The van der Waals surface area contributed by atoms with E-state index in [1.165, 1.54) is 71.9 Å². The second-order valence-electron chi connectivity index (χ2n) is 17.5. The maximum absolute atomic E-state index is 4.09. The molecule has 0 amide bonds. The van der Waals surface area contributed by atoms with Crippen LogP contribution in [0, 0.1) is 0 Å². The SMILES string of the molecule is CC(C)c1ccc(Nc2c3ccccc3c(N(c3ccc(C(C)C)cc3-c3ccccc3)C(C)(C)C)c3c(C(C)(C)C)cccc23)c(-c2ccccc2)c1. The van der Waals surface area contributed by atoms with Gasteiger partial charge in [0.2, 0.25) is 0 Å². The number of fused-ring (bicyclic) bond motifs is 2. The molecule has 0 spiro atoms. The van der Waals surface area contributed by atoms with Gasteiger partial charge in [-0.1, -0.05) is 164 Å². The molecule has 7 aromatic rings. The van der Waals surface area contributed by atoms with E-state index in [0.29, 0.717) is 11.8 Å². The molecule has 0 saturated carbocycles. The highest BCUT2D eigenvalue weighted by Crippen LogP contribution is 2.52. The molecule has 0 fully saturated rings. The minimum Gasteiger partial charge on any atom is -0.354 e. The fourth-order valence-electron chi connectivity index (χ4n) is 7.99. The van der Waals surface area contributed by atoms with Gasteiger partial charge in [-0.3, -0.25) is 0 Å². The fourth-order valence-corrected chi connectivity index (χ4v) is 7.99. The lowest BCUT2D eigenvalue weighted by molar-refractivity contribution is 0.561. The number of anilines is 4. The van der Waals surface area contributed by atoms with E-state index in [4.69, 9.17) is 0 Å². The van der Waals surface area contributed by atoms with Crippen LogP contribution >= 0.6 is 0 Å². The average molecular weight is 709 g/mol. The molecule has 2 nitrogen and oxygen atoms in total. The summed E-state index contributed by atoms with van der Waals surface area (Å²) in [7, 11) is 0. The maximum atomic E-state index is 4.09. The van der Waals surface area contributed by atoms with Gasteiger partial charge in [0.15, 0.2) is 0 Å². The molecule has 1 N–H and O–H groups in total. The van der Waals surface area contributed by atoms with Gasteiger partial charge in [0, 0.05) is 49.6 Å². The van der Waals surface area contributed by atoms with Gasteiger partial charge in [-0.05, 0) is 90.1 Å². The van der Waals surface area contributed by atoms with Crippen molar-refractivity contribution in [3.8, 4) is 22.3 Å². The number of benzene rings is 7. The molecular formula is C52H56N2. The molecule has 0 aromatic heterocycles. The quantitative estimate of drug-likeness (QED) is 0.125. The van der Waals surface area contributed by atoms with Crippen LogP contribution in [-0.2, 0) is 5.41 Å². The van der Waals surface area contributed by atoms with E-state index in [0.717, 1.165) is 11.4 Å². The Hall–Kier alpha value is -5.34. The Labute approximate surface area is 323 Å². The molecule has 274 valence electrons. The summed E-state index contributed by atoms with van der Waals surface area (Å²) in [5, 5.41) is 9.02. The predicted octanol–water partition coefficient (Wildman–Crippen LogP) is 15.6. The first-order valence-electron chi connectivity index (χ1n) is 19.7. The molecule has 0 saturated heterocycles. The monoisotopic (exact) mass is 708 g/mol. The maximum Gasteiger partial charge on any atom is 0.0579 e. The minimum atomic E-state index is -0.272. The number of nitrogens with one attached hydrogen (secondary N) is 1. The van der Waals surface area contributed by atoms with Crippen molar-refractivity contribution in [1.82, 2.24) is 0 Å². The topological polar surface area (TPSA) is 15.3 Å². The Kier molecular flexibility index (Phi) is 9.92. The van der Waals surface area contributed by atoms with Gasteiger partial charge in [0.05, 0.1) is 11.4 Å². The molecule has 7 rings (SSSR count). The Balaban J connectivity index is 1.59. The van der Waals surface area contributed by atoms with Gasteiger partial charge >= 0.3 is 0 Å². The summed E-state index contributed by atoms with van der Waals surface area (Å²) >= 11 is 0. The standard InChI is InChI=1S/C52H56N2/c1-34(2)38-28-30-46(43(32-38)36-20-13-11-14-21-36)53-49-40-24-17-18-25-41(40)50(48-42(49)26-19-27-45(48)51(5,6)7)54(52(8,9)10)47-31-29-39(35(3)4)33-44(47)37-22-15-12-16-23-37/h11-35,53H,1-10H3. The lowest BCUT2D eigenvalue weighted by Crippen LogP contribution is -2.38. The third-order valence-corrected chi connectivity index (χ3v) is 10.8. The third-order valence-electron chi connectivity index (χ3n) is 10.8. The van der Waals surface area contributed by atoms with Gasteiger partial charge in [-0.25, -0.2) is 0 Å². The summed E-state index contributed by atoms with van der Waals surface area (Å²) in [6.07, 6.45) is 0. The van der Waals surface area contributed by atoms with Crippen molar-refractivity contribution in [3.63, 3.8) is 0 Å². The molecule has 0 bridgehead atoms. The second-order valence-corrected chi connectivity index (χ2v) is 17.5. The zero-order chi connectivity index (χ0) is 38.4. The number of nitrogens with zero attached hydrogens (tertiary/aromatic N) is 1. The van der Waals surface area contributed by atoms with Crippen LogP contribution in [0.4, 0.5) is 22.7 Å². The Bertz CT molecular complexity index is 2420. The van der Waals surface area contributed by atoms with Crippen molar-refractivity contribution in [1.29, 1.82) is 0 Å². The lowest BCUT2D eigenvalue weighted by atomic mass is 9.81. The molecule has 0 aliphatic carbocycles. The Morgan fingerprint density at radius 3 is 1.59 bits per heavy atom. The molecule has 7 aromatic carbocycles. The van der Waals surface area contributed by atoms with Crippen molar-refractivity contribution < 1.29 is 0 Å². The van der Waals surface area contributed by atoms with Gasteiger partial charge in [-0.15, -0.1) is 0 Å². The van der Waals surface area contributed by atoms with Crippen LogP contribution in [0.25, 0.3) is 43.8 Å². The molecule has 0 heterocycles. The summed E-state index contributed by atoms with van der Waals surface area (Å²) in [5.41, 5.74) is 13.2. The zero-order valence-corrected chi connectivity index (χ0v) is 33.9. The fraction of sp³-hybridized carbons (Fsp3) is 0.269. The third kappa shape index (κ3) is 7.03. The summed E-state index contributed by atoms with van der Waals surface area (Å²) in [4.78, 5) is 2.63. The first-order chi connectivity index (χ1) is 25.7. The van der Waals surface area contributed by atoms with Crippen molar-refractivity contribution in [3.05, 3.63) is 156 Å². The van der Waals surface area contributed by atoms with Crippen LogP contribution in [0.3, 0.4) is 0 Å². The molecule has 0 atom stereocenters. The first kappa shape index (κ1) is 37.0. The van der Waals surface area contributed by atoms with Gasteiger partial charge in [-0.2, -0.15) is 0 Å². The molecule has 0 aliphatic rings. The van der Waals surface area contributed by atoms with Crippen LogP contribution in [-0.4, -0.2) is 5.54 Å². The molecule has 0 radical (unpaired) electrons. The number of rotatable bonds is 8. The van der Waals surface area contributed by atoms with Crippen LogP contribution in [0.5, 0.6) is 0 Å². The van der Waals surface area contributed by atoms with Crippen molar-refractivity contribution in [2.75, 3.05) is 10.2 Å². The summed E-state index contributed by atoms with van der Waals surface area (Å²) in [6.45, 7) is 23.2. The van der Waals surface area contributed by atoms with Crippen LogP contribution < -0.4 is 10.2 Å². The zero-order valence-electron chi connectivity index (χ0n) is 33.9. The largest absolute Gasteiger partial charge is 0.354 e. The molecular weight excluding hydrogens is 653 g/mol. The molecule has 2 heteroatoms. The van der Waals surface area contributed by atoms with E-state index >= 15 is 0 Å². The van der Waals surface area contributed by atoms with Gasteiger partial charge in [0.1, 0.15) is 0 Å². The second kappa shape index (κ2) is 14.5. The van der Waals surface area contributed by atoms with Crippen molar-refractivity contribution in [2.45, 2.75) is 92.0 Å². The van der Waals surface area contributed by atoms with Gasteiger partial charge in [0.25, 0.3) is 0 Å². The van der Waals surface area contributed by atoms with Gasteiger partial charge < -0.3 is 10.2 Å². The van der Waals surface area contributed by atoms with E-state index in [1.807, 2.05) is 0 Å². The minimum absolute atomic E-state index is 0.116. The van der Waals surface area contributed by atoms with E-state index < -0.39 is 0 Å². The molecule has 54 heavy (non-hydrogen) atoms. The highest BCUT2D eigenvalue weighted by atomic mass is 15.2. The van der Waals surface area contributed by atoms with Crippen molar-refractivity contribution >= 4 is 44.3 Å². The lowest BCUT2D eigenvalue weighted by Gasteiger charge is -2.42. The molecule has 0 aliphatic heterocycles. The van der Waals surface area contributed by atoms with Crippen LogP contribution in [0.1, 0.15) is 97.8 Å². The van der Waals surface area contributed by atoms with E-state index in [-0.39, 0.29) is 11.0 Å². The summed E-state index contributed by atoms with van der Waals surface area (Å²) in [6, 6.07) is 51.7.